The summed E-state index contributed by atoms with van der Waals surface area (Å²) in [5, 5.41) is 3.84. The maximum Gasteiger partial charge on any atom is 0.0294 e. The summed E-state index contributed by atoms with van der Waals surface area (Å²) in [4.78, 5) is 0. The van der Waals surface area contributed by atoms with Gasteiger partial charge in [0, 0.05) is 12.1 Å². The van der Waals surface area contributed by atoms with Gasteiger partial charge in [-0.3, -0.25) is 0 Å². The monoisotopic (exact) mass is 245 g/mol. The first-order valence-corrected chi connectivity index (χ1v) is 7.32. The highest BCUT2D eigenvalue weighted by molar-refractivity contribution is 5.23. The minimum atomic E-state index is 0.442. The third kappa shape index (κ3) is 3.14. The number of hydrogen-bond acceptors (Lipinski definition) is 1. The Bertz CT molecular complexity index is 377. The van der Waals surface area contributed by atoms with Crippen LogP contribution in [-0.4, -0.2) is 6.04 Å². The average Bonchev–Trinajstić information content (AvgIpc) is 2.32. The topological polar surface area (TPSA) is 12.0 Å². The van der Waals surface area contributed by atoms with Gasteiger partial charge in [-0.2, -0.15) is 0 Å². The summed E-state index contributed by atoms with van der Waals surface area (Å²) in [6.07, 6.45) is 5.44. The molecule has 1 saturated carbocycles. The van der Waals surface area contributed by atoms with Crippen LogP contribution in [0.5, 0.6) is 0 Å². The van der Waals surface area contributed by atoms with E-state index in [0.717, 1.165) is 0 Å². The molecule has 1 N–H and O–H groups in total. The predicted molar refractivity (Wildman–Crippen MR) is 78.8 cm³/mol. The summed E-state index contributed by atoms with van der Waals surface area (Å²) in [5.74, 6) is 0. The van der Waals surface area contributed by atoms with Crippen molar-refractivity contribution in [3.05, 3.63) is 35.4 Å². The third-order valence-corrected chi connectivity index (χ3v) is 4.54. The van der Waals surface area contributed by atoms with Gasteiger partial charge in [0.25, 0.3) is 0 Å². The maximum atomic E-state index is 3.84. The van der Waals surface area contributed by atoms with Gasteiger partial charge in [-0.25, -0.2) is 0 Å². The molecule has 0 spiro atoms. The van der Waals surface area contributed by atoms with Crippen molar-refractivity contribution in [2.45, 2.75) is 65.5 Å². The average molecular weight is 245 g/mol. The van der Waals surface area contributed by atoms with Crippen LogP contribution in [0.4, 0.5) is 0 Å². The molecule has 1 aliphatic rings. The lowest BCUT2D eigenvalue weighted by atomic mass is 9.73. The fourth-order valence-corrected chi connectivity index (χ4v) is 3.06. The van der Waals surface area contributed by atoms with E-state index in [0.29, 0.717) is 17.5 Å². The van der Waals surface area contributed by atoms with Crippen LogP contribution >= 0.6 is 0 Å². The van der Waals surface area contributed by atoms with Crippen molar-refractivity contribution in [2.24, 2.45) is 5.41 Å². The first kappa shape index (κ1) is 13.6. The van der Waals surface area contributed by atoms with E-state index >= 15 is 0 Å². The van der Waals surface area contributed by atoms with Gasteiger partial charge in [0.15, 0.2) is 0 Å². The van der Waals surface area contributed by atoms with Crippen LogP contribution in [-0.2, 0) is 0 Å². The lowest BCUT2D eigenvalue weighted by Crippen LogP contribution is -2.45. The Labute approximate surface area is 112 Å². The molecule has 1 heteroatoms. The number of nitrogens with one attached hydrogen (secondary N) is 1. The highest BCUT2D eigenvalue weighted by Gasteiger charge is 2.32. The van der Waals surface area contributed by atoms with Crippen molar-refractivity contribution >= 4 is 0 Å². The lowest BCUT2D eigenvalue weighted by molar-refractivity contribution is 0.157. The largest absolute Gasteiger partial charge is 0.307 e. The SMILES string of the molecule is Cc1ccc(C(C)NC2CCCCC2(C)C)cc1. The Kier molecular flexibility index (Phi) is 4.11. The zero-order chi connectivity index (χ0) is 13.2. The lowest BCUT2D eigenvalue weighted by Gasteiger charge is -2.41. The second kappa shape index (κ2) is 5.44. The summed E-state index contributed by atoms with van der Waals surface area (Å²) >= 11 is 0. The summed E-state index contributed by atoms with van der Waals surface area (Å²) < 4.78 is 0. The van der Waals surface area contributed by atoms with Gasteiger partial charge in [-0.05, 0) is 37.7 Å². The molecule has 2 rings (SSSR count). The molecule has 0 radical (unpaired) electrons. The maximum absolute atomic E-state index is 3.84. The van der Waals surface area contributed by atoms with Gasteiger partial charge >= 0.3 is 0 Å². The molecular formula is C17H27N. The van der Waals surface area contributed by atoms with E-state index in [2.05, 4.69) is 57.3 Å². The zero-order valence-corrected chi connectivity index (χ0v) is 12.3. The van der Waals surface area contributed by atoms with Crippen LogP contribution in [0.1, 0.15) is 63.6 Å². The quantitative estimate of drug-likeness (QED) is 0.819. The van der Waals surface area contributed by atoms with Crippen molar-refractivity contribution in [3.63, 3.8) is 0 Å². The Morgan fingerprint density at radius 1 is 1.17 bits per heavy atom. The molecule has 1 aliphatic carbocycles. The molecule has 0 bridgehead atoms. The smallest absolute Gasteiger partial charge is 0.0294 e. The molecule has 0 aliphatic heterocycles. The summed E-state index contributed by atoms with van der Waals surface area (Å²) in [7, 11) is 0. The van der Waals surface area contributed by atoms with Crippen molar-refractivity contribution in [3.8, 4) is 0 Å². The van der Waals surface area contributed by atoms with Crippen molar-refractivity contribution in [2.75, 3.05) is 0 Å². The predicted octanol–water partition coefficient (Wildman–Crippen LogP) is 4.61. The molecule has 2 atom stereocenters. The molecule has 100 valence electrons. The van der Waals surface area contributed by atoms with Crippen LogP contribution in [0.2, 0.25) is 0 Å². The summed E-state index contributed by atoms with van der Waals surface area (Å²) in [5.41, 5.74) is 3.18. The van der Waals surface area contributed by atoms with Crippen LogP contribution in [0.25, 0.3) is 0 Å². The number of aryl methyl sites for hydroxylation is 1. The minimum absolute atomic E-state index is 0.442. The molecule has 0 amide bonds. The zero-order valence-electron chi connectivity index (χ0n) is 12.3. The van der Waals surface area contributed by atoms with Crippen molar-refractivity contribution in [1.82, 2.24) is 5.32 Å². The van der Waals surface area contributed by atoms with Crippen LogP contribution in [0, 0.1) is 12.3 Å². The summed E-state index contributed by atoms with van der Waals surface area (Å²) in [6, 6.07) is 10.0. The molecule has 2 unspecified atom stereocenters. The van der Waals surface area contributed by atoms with Gasteiger partial charge in [0.05, 0.1) is 0 Å². The fraction of sp³-hybridized carbons (Fsp3) is 0.647. The molecule has 1 fully saturated rings. The molecule has 1 aromatic carbocycles. The first-order valence-electron chi connectivity index (χ1n) is 7.32. The standard InChI is InChI=1S/C17H27N/c1-13-8-10-15(11-9-13)14(2)18-16-7-5-6-12-17(16,3)4/h8-11,14,16,18H,5-7,12H2,1-4H3. The van der Waals surface area contributed by atoms with E-state index < -0.39 is 0 Å². The minimum Gasteiger partial charge on any atom is -0.307 e. The van der Waals surface area contributed by atoms with E-state index in [9.17, 15) is 0 Å². The van der Waals surface area contributed by atoms with Crippen LogP contribution < -0.4 is 5.32 Å². The Morgan fingerprint density at radius 3 is 2.44 bits per heavy atom. The Hall–Kier alpha value is -0.820. The van der Waals surface area contributed by atoms with E-state index in [1.165, 1.54) is 36.8 Å². The van der Waals surface area contributed by atoms with Gasteiger partial charge in [-0.1, -0.05) is 56.5 Å². The Morgan fingerprint density at radius 2 is 1.83 bits per heavy atom. The molecule has 0 saturated heterocycles. The molecular weight excluding hydrogens is 218 g/mol. The van der Waals surface area contributed by atoms with Gasteiger partial charge < -0.3 is 5.32 Å². The number of rotatable bonds is 3. The molecule has 1 aromatic rings. The normalized spacial score (nSPS) is 24.8. The highest BCUT2D eigenvalue weighted by atomic mass is 15.0. The second-order valence-electron chi connectivity index (χ2n) is 6.59. The summed E-state index contributed by atoms with van der Waals surface area (Å²) in [6.45, 7) is 9.25. The second-order valence-corrected chi connectivity index (χ2v) is 6.59. The first-order chi connectivity index (χ1) is 8.49. The van der Waals surface area contributed by atoms with Gasteiger partial charge in [0.2, 0.25) is 0 Å². The number of benzene rings is 1. The van der Waals surface area contributed by atoms with E-state index in [1.807, 2.05) is 0 Å². The Balaban J connectivity index is 2.02. The van der Waals surface area contributed by atoms with Crippen molar-refractivity contribution in [1.29, 1.82) is 0 Å². The van der Waals surface area contributed by atoms with Crippen LogP contribution in [0.15, 0.2) is 24.3 Å². The van der Waals surface area contributed by atoms with E-state index in [4.69, 9.17) is 0 Å². The molecule has 0 aromatic heterocycles. The third-order valence-electron chi connectivity index (χ3n) is 4.54. The molecule has 1 nitrogen and oxygen atoms in total. The molecule has 0 heterocycles. The fourth-order valence-electron chi connectivity index (χ4n) is 3.06. The van der Waals surface area contributed by atoms with Gasteiger partial charge in [-0.15, -0.1) is 0 Å². The van der Waals surface area contributed by atoms with E-state index in [-0.39, 0.29) is 0 Å². The van der Waals surface area contributed by atoms with Gasteiger partial charge in [0.1, 0.15) is 0 Å². The highest BCUT2D eigenvalue weighted by Crippen LogP contribution is 2.36. The molecule has 18 heavy (non-hydrogen) atoms. The van der Waals surface area contributed by atoms with Crippen molar-refractivity contribution < 1.29 is 0 Å². The number of hydrogen-bond donors (Lipinski definition) is 1. The van der Waals surface area contributed by atoms with E-state index in [1.54, 1.807) is 0 Å². The van der Waals surface area contributed by atoms with Crippen LogP contribution in [0.3, 0.4) is 0 Å².